The van der Waals surface area contributed by atoms with E-state index in [1.807, 2.05) is 6.08 Å². The van der Waals surface area contributed by atoms with E-state index in [1.165, 1.54) is 6.20 Å². The molecule has 0 spiro atoms. The predicted octanol–water partition coefficient (Wildman–Crippen LogP) is 2.26. The number of carbonyl (C=O) groups is 3. The van der Waals surface area contributed by atoms with Crippen LogP contribution < -0.4 is 5.32 Å². The summed E-state index contributed by atoms with van der Waals surface area (Å²) in [5.41, 5.74) is -1.20. The lowest BCUT2D eigenvalue weighted by molar-refractivity contribution is -0.172. The molecular formula is C20H29NO6. The van der Waals surface area contributed by atoms with Gasteiger partial charge in [-0.2, -0.15) is 0 Å². The molecule has 1 aliphatic heterocycles. The molecule has 0 fully saturated rings. The van der Waals surface area contributed by atoms with Crippen molar-refractivity contribution in [2.45, 2.75) is 52.0 Å². The van der Waals surface area contributed by atoms with Gasteiger partial charge >= 0.3 is 17.9 Å². The molecular weight excluding hydrogens is 350 g/mol. The maximum atomic E-state index is 12.9. The van der Waals surface area contributed by atoms with Crippen LogP contribution in [0.3, 0.4) is 0 Å². The van der Waals surface area contributed by atoms with Crippen molar-refractivity contribution in [2.75, 3.05) is 19.8 Å². The summed E-state index contributed by atoms with van der Waals surface area (Å²) in [6.07, 6.45) is 8.17. The van der Waals surface area contributed by atoms with Crippen molar-refractivity contribution >= 4 is 17.9 Å². The van der Waals surface area contributed by atoms with Crippen molar-refractivity contribution in [3.05, 3.63) is 23.9 Å². The number of hydrogen-bond acceptors (Lipinski definition) is 7. The van der Waals surface area contributed by atoms with Gasteiger partial charge in [0.25, 0.3) is 0 Å². The molecule has 1 N–H and O–H groups in total. The molecule has 7 heteroatoms. The molecule has 1 heterocycles. The number of nitrogens with one attached hydrogen (secondary N) is 1. The van der Waals surface area contributed by atoms with Crippen molar-refractivity contribution in [3.8, 4) is 0 Å². The zero-order valence-electron chi connectivity index (χ0n) is 16.3. The van der Waals surface area contributed by atoms with Gasteiger partial charge in [-0.25, -0.2) is 14.4 Å². The van der Waals surface area contributed by atoms with Crippen molar-refractivity contribution in [1.82, 2.24) is 5.32 Å². The van der Waals surface area contributed by atoms with E-state index in [1.54, 1.807) is 20.8 Å². The van der Waals surface area contributed by atoms with Crippen molar-refractivity contribution < 1.29 is 28.6 Å². The molecule has 0 saturated heterocycles. The molecule has 2 rings (SSSR count). The molecule has 1 aliphatic carbocycles. The molecule has 0 aromatic carbocycles. The number of rotatable bonds is 6. The van der Waals surface area contributed by atoms with Crippen LogP contribution in [0.15, 0.2) is 23.9 Å². The van der Waals surface area contributed by atoms with E-state index in [0.717, 1.165) is 6.42 Å². The van der Waals surface area contributed by atoms with Crippen molar-refractivity contribution in [1.29, 1.82) is 0 Å². The Balaban J connectivity index is 2.54. The minimum Gasteiger partial charge on any atom is -0.464 e. The fraction of sp³-hybridized carbons (Fsp3) is 0.650. The van der Waals surface area contributed by atoms with Crippen LogP contribution in [0.4, 0.5) is 0 Å². The van der Waals surface area contributed by atoms with E-state index in [0.29, 0.717) is 24.8 Å². The number of hydrogen-bond donors (Lipinski definition) is 1. The first kappa shape index (κ1) is 21.0. The van der Waals surface area contributed by atoms with Gasteiger partial charge in [-0.1, -0.05) is 12.2 Å². The zero-order valence-corrected chi connectivity index (χ0v) is 16.3. The summed E-state index contributed by atoms with van der Waals surface area (Å²) in [6, 6.07) is 0. The highest BCUT2D eigenvalue weighted by atomic mass is 16.6. The third-order valence-electron chi connectivity index (χ3n) is 5.06. The van der Waals surface area contributed by atoms with Crippen LogP contribution in [-0.2, 0) is 28.6 Å². The SMILES string of the molecule is CCOC(=O)C1=CNC(C(=O)OCC)(C(=O)OCC)[C@@H]2CC/C=C\CC[C@@H]12. The van der Waals surface area contributed by atoms with Gasteiger partial charge in [0.1, 0.15) is 0 Å². The van der Waals surface area contributed by atoms with E-state index in [-0.39, 0.29) is 25.7 Å². The van der Waals surface area contributed by atoms with Gasteiger partial charge in [0.05, 0.1) is 25.4 Å². The normalized spacial score (nSPS) is 24.8. The Hall–Kier alpha value is -2.31. The molecule has 0 bridgehead atoms. The first-order valence-electron chi connectivity index (χ1n) is 9.67. The molecule has 27 heavy (non-hydrogen) atoms. The molecule has 150 valence electrons. The van der Waals surface area contributed by atoms with Crippen LogP contribution >= 0.6 is 0 Å². The van der Waals surface area contributed by atoms with Crippen LogP contribution in [0.25, 0.3) is 0 Å². The quantitative estimate of drug-likeness (QED) is 0.328. The summed E-state index contributed by atoms with van der Waals surface area (Å²) >= 11 is 0. The minimum absolute atomic E-state index is 0.146. The number of fused-ring (bicyclic) bond motifs is 1. The lowest BCUT2D eigenvalue weighted by Crippen LogP contribution is -2.66. The highest BCUT2D eigenvalue weighted by molar-refractivity contribution is 6.06. The maximum Gasteiger partial charge on any atom is 0.343 e. The van der Waals surface area contributed by atoms with E-state index in [9.17, 15) is 14.4 Å². The average Bonchev–Trinajstić information content (AvgIpc) is 2.61. The van der Waals surface area contributed by atoms with Gasteiger partial charge in [-0.05, 0) is 52.4 Å². The summed E-state index contributed by atoms with van der Waals surface area (Å²) in [4.78, 5) is 38.4. The predicted molar refractivity (Wildman–Crippen MR) is 98.4 cm³/mol. The van der Waals surface area contributed by atoms with Gasteiger partial charge in [0.2, 0.25) is 5.54 Å². The third kappa shape index (κ3) is 4.17. The van der Waals surface area contributed by atoms with Gasteiger partial charge in [-0.15, -0.1) is 0 Å². The summed E-state index contributed by atoms with van der Waals surface area (Å²) in [6.45, 7) is 5.68. The maximum absolute atomic E-state index is 12.9. The average molecular weight is 379 g/mol. The van der Waals surface area contributed by atoms with E-state index in [2.05, 4.69) is 11.4 Å². The summed E-state index contributed by atoms with van der Waals surface area (Å²) < 4.78 is 15.7. The topological polar surface area (TPSA) is 90.9 Å². The van der Waals surface area contributed by atoms with Crippen LogP contribution in [0, 0.1) is 11.8 Å². The summed E-state index contributed by atoms with van der Waals surface area (Å²) in [5, 5.41) is 2.90. The summed E-state index contributed by atoms with van der Waals surface area (Å²) in [7, 11) is 0. The van der Waals surface area contributed by atoms with E-state index < -0.39 is 29.4 Å². The van der Waals surface area contributed by atoms with Gasteiger partial charge < -0.3 is 19.5 Å². The van der Waals surface area contributed by atoms with Gasteiger partial charge in [0, 0.05) is 12.1 Å². The Kier molecular flexibility index (Phi) is 7.45. The molecule has 0 aromatic heterocycles. The van der Waals surface area contributed by atoms with E-state index in [4.69, 9.17) is 14.2 Å². The fourth-order valence-electron chi connectivity index (χ4n) is 3.90. The van der Waals surface area contributed by atoms with Crippen molar-refractivity contribution in [2.24, 2.45) is 11.8 Å². The van der Waals surface area contributed by atoms with Gasteiger partial charge in [-0.3, -0.25) is 0 Å². The second-order valence-electron chi connectivity index (χ2n) is 6.55. The number of allylic oxidation sites excluding steroid dienone is 2. The first-order valence-corrected chi connectivity index (χ1v) is 9.67. The Morgan fingerprint density at radius 2 is 1.52 bits per heavy atom. The van der Waals surface area contributed by atoms with Crippen LogP contribution in [-0.4, -0.2) is 43.3 Å². The molecule has 0 aromatic rings. The Labute approximate surface area is 160 Å². The fourth-order valence-corrected chi connectivity index (χ4v) is 3.90. The first-order chi connectivity index (χ1) is 13.0. The molecule has 7 nitrogen and oxygen atoms in total. The summed E-state index contributed by atoms with van der Waals surface area (Å²) in [5.74, 6) is -2.52. The second-order valence-corrected chi connectivity index (χ2v) is 6.55. The smallest absolute Gasteiger partial charge is 0.343 e. The Morgan fingerprint density at radius 3 is 2.07 bits per heavy atom. The highest BCUT2D eigenvalue weighted by Gasteiger charge is 2.59. The Morgan fingerprint density at radius 1 is 0.963 bits per heavy atom. The third-order valence-corrected chi connectivity index (χ3v) is 5.06. The van der Waals surface area contributed by atoms with Crippen LogP contribution in [0.1, 0.15) is 46.5 Å². The minimum atomic E-state index is -1.65. The molecule has 0 unspecified atom stereocenters. The Bertz CT molecular complexity index is 606. The molecule has 0 radical (unpaired) electrons. The number of esters is 3. The molecule has 2 atom stereocenters. The standard InChI is InChI=1S/C20H29NO6/c1-4-25-17(22)15-13-21-20(18(23)26-5-2,19(24)27-6-3)16-12-10-8-7-9-11-14(15)16/h7-8,13-14,16,21H,4-6,9-12H2,1-3H3/b8-7-/t14-,16+/m0/s1. The van der Waals surface area contributed by atoms with E-state index >= 15 is 0 Å². The molecule has 2 aliphatic rings. The van der Waals surface area contributed by atoms with Crippen LogP contribution in [0.2, 0.25) is 0 Å². The lowest BCUT2D eigenvalue weighted by Gasteiger charge is -2.44. The molecule has 0 amide bonds. The van der Waals surface area contributed by atoms with Gasteiger partial charge in [0.15, 0.2) is 0 Å². The largest absolute Gasteiger partial charge is 0.464 e. The number of ether oxygens (including phenoxy) is 3. The monoisotopic (exact) mass is 379 g/mol. The molecule has 0 saturated carbocycles. The van der Waals surface area contributed by atoms with Crippen molar-refractivity contribution in [3.63, 3.8) is 0 Å². The second kappa shape index (κ2) is 9.58. The number of carbonyl (C=O) groups excluding carboxylic acids is 3. The lowest BCUT2D eigenvalue weighted by atomic mass is 9.66. The van der Waals surface area contributed by atoms with Crippen LogP contribution in [0.5, 0.6) is 0 Å². The zero-order chi connectivity index (χ0) is 19.9. The highest BCUT2D eigenvalue weighted by Crippen LogP contribution is 2.42.